The highest BCUT2D eigenvalue weighted by Gasteiger charge is 2.26. The van der Waals surface area contributed by atoms with Crippen LogP contribution in [0, 0.1) is 0 Å². The highest BCUT2D eigenvalue weighted by atomic mass is 79.9. The molecule has 21 heavy (non-hydrogen) atoms. The van der Waals surface area contributed by atoms with Crippen molar-refractivity contribution < 1.29 is 18.0 Å². The van der Waals surface area contributed by atoms with E-state index in [1.807, 2.05) is 0 Å². The lowest BCUT2D eigenvalue weighted by atomic mass is 10.1. The first-order valence-corrected chi connectivity index (χ1v) is 9.12. The molecule has 1 aliphatic rings. The van der Waals surface area contributed by atoms with Crippen LogP contribution < -0.4 is 10.6 Å². The van der Waals surface area contributed by atoms with Crippen molar-refractivity contribution in [3.05, 3.63) is 23.8 Å². The zero-order chi connectivity index (χ0) is 15.8. The fourth-order valence-corrected chi connectivity index (χ4v) is 4.02. The van der Waals surface area contributed by atoms with Crippen molar-refractivity contribution in [2.75, 3.05) is 16.9 Å². The average Bonchev–Trinajstić information content (AvgIpc) is 2.51. The highest BCUT2D eigenvalue weighted by Crippen LogP contribution is 2.35. The lowest BCUT2D eigenvalue weighted by molar-refractivity contribution is -0.123. The predicted octanol–water partition coefficient (Wildman–Crippen LogP) is 1.84. The number of fused-ring (bicyclic) bond motifs is 1. The van der Waals surface area contributed by atoms with Crippen LogP contribution in [0.1, 0.15) is 23.7 Å². The van der Waals surface area contributed by atoms with Crippen molar-refractivity contribution >= 4 is 49.0 Å². The van der Waals surface area contributed by atoms with Crippen LogP contribution in [0.5, 0.6) is 0 Å². The number of anilines is 2. The Balaban J connectivity index is 2.37. The molecule has 2 rings (SSSR count). The van der Waals surface area contributed by atoms with Crippen LogP contribution in [0.25, 0.3) is 0 Å². The maximum atomic E-state index is 11.6. The molecule has 2 unspecified atom stereocenters. The van der Waals surface area contributed by atoms with Crippen LogP contribution in [-0.2, 0) is 19.4 Å². The van der Waals surface area contributed by atoms with Crippen LogP contribution in [0.4, 0.5) is 11.4 Å². The number of amides is 2. The Kier molecular flexibility index (Phi) is 4.38. The van der Waals surface area contributed by atoms with Gasteiger partial charge < -0.3 is 10.6 Å². The number of benzene rings is 1. The summed E-state index contributed by atoms with van der Waals surface area (Å²) < 4.78 is 23.3. The fraction of sp³-hybridized carbons (Fsp3) is 0.385. The molecule has 1 heterocycles. The van der Waals surface area contributed by atoms with Crippen molar-refractivity contribution in [3.8, 4) is 0 Å². The largest absolute Gasteiger partial charge is 0.324 e. The van der Waals surface area contributed by atoms with E-state index in [1.54, 1.807) is 25.1 Å². The molecule has 6 nitrogen and oxygen atoms in total. The van der Waals surface area contributed by atoms with E-state index in [1.165, 1.54) is 6.26 Å². The van der Waals surface area contributed by atoms with Crippen LogP contribution in [-0.4, -0.2) is 31.7 Å². The SMILES string of the molecule is CC(C(Br)c1ccc2c(c1)NC(=O)CC(=O)N2)S(C)(=O)=O. The Labute approximate surface area is 131 Å². The van der Waals surface area contributed by atoms with Gasteiger partial charge in [0, 0.05) is 6.26 Å². The summed E-state index contributed by atoms with van der Waals surface area (Å²) in [6, 6.07) is 5.04. The first-order valence-electron chi connectivity index (χ1n) is 6.25. The summed E-state index contributed by atoms with van der Waals surface area (Å²) in [4.78, 5) is 22.6. The Morgan fingerprint density at radius 2 is 1.71 bits per heavy atom. The minimum atomic E-state index is -3.20. The Morgan fingerprint density at radius 3 is 2.29 bits per heavy atom. The molecule has 1 aliphatic heterocycles. The first kappa shape index (κ1) is 16.0. The lowest BCUT2D eigenvalue weighted by Crippen LogP contribution is -2.21. The third kappa shape index (κ3) is 3.62. The molecule has 0 fully saturated rings. The normalized spacial score (nSPS) is 18.0. The van der Waals surface area contributed by atoms with E-state index < -0.39 is 25.8 Å². The molecule has 2 amide bonds. The molecule has 0 bridgehead atoms. The van der Waals surface area contributed by atoms with Gasteiger partial charge in [-0.05, 0) is 24.6 Å². The number of alkyl halides is 1. The Morgan fingerprint density at radius 1 is 1.14 bits per heavy atom. The van der Waals surface area contributed by atoms with Gasteiger partial charge in [-0.25, -0.2) is 8.42 Å². The van der Waals surface area contributed by atoms with Crippen molar-refractivity contribution in [2.24, 2.45) is 0 Å². The Bertz CT molecular complexity index is 702. The molecule has 0 spiro atoms. The average molecular weight is 375 g/mol. The van der Waals surface area contributed by atoms with Gasteiger partial charge in [-0.15, -0.1) is 0 Å². The molecule has 0 aromatic heterocycles. The molecule has 0 saturated carbocycles. The minimum Gasteiger partial charge on any atom is -0.324 e. The second-order valence-electron chi connectivity index (χ2n) is 5.01. The van der Waals surface area contributed by atoms with Crippen LogP contribution in [0.2, 0.25) is 0 Å². The third-order valence-corrected chi connectivity index (χ3v) is 6.61. The van der Waals surface area contributed by atoms with E-state index in [0.717, 1.165) is 0 Å². The van der Waals surface area contributed by atoms with Gasteiger partial charge in [0.1, 0.15) is 6.42 Å². The minimum absolute atomic E-state index is 0.235. The lowest BCUT2D eigenvalue weighted by Gasteiger charge is -2.18. The summed E-state index contributed by atoms with van der Waals surface area (Å²) in [5.41, 5.74) is 1.68. The molecular weight excluding hydrogens is 360 g/mol. The van der Waals surface area contributed by atoms with Gasteiger partial charge in [-0.3, -0.25) is 9.59 Å². The summed E-state index contributed by atoms with van der Waals surface area (Å²) in [7, 11) is -3.20. The van der Waals surface area contributed by atoms with Gasteiger partial charge in [-0.1, -0.05) is 22.0 Å². The third-order valence-electron chi connectivity index (χ3n) is 3.32. The van der Waals surface area contributed by atoms with E-state index in [9.17, 15) is 18.0 Å². The first-order chi connectivity index (χ1) is 9.68. The molecule has 114 valence electrons. The topological polar surface area (TPSA) is 92.3 Å². The number of nitrogens with one attached hydrogen (secondary N) is 2. The quantitative estimate of drug-likeness (QED) is 0.623. The van der Waals surface area contributed by atoms with E-state index in [0.29, 0.717) is 16.9 Å². The number of hydrogen-bond donors (Lipinski definition) is 2. The summed E-state index contributed by atoms with van der Waals surface area (Å²) in [5.74, 6) is -0.774. The van der Waals surface area contributed by atoms with Crippen LogP contribution in [0.15, 0.2) is 18.2 Å². The van der Waals surface area contributed by atoms with Gasteiger partial charge in [0.2, 0.25) is 11.8 Å². The van der Waals surface area contributed by atoms with Gasteiger partial charge in [-0.2, -0.15) is 0 Å². The number of carbonyl (C=O) groups excluding carboxylic acids is 2. The van der Waals surface area contributed by atoms with E-state index in [-0.39, 0.29) is 12.3 Å². The maximum Gasteiger partial charge on any atom is 0.233 e. The summed E-state index contributed by atoms with van der Waals surface area (Å²) in [6.45, 7) is 1.61. The molecule has 8 heteroatoms. The molecule has 0 radical (unpaired) electrons. The number of hydrogen-bond acceptors (Lipinski definition) is 4. The number of halogens is 1. The summed E-state index contributed by atoms with van der Waals surface area (Å²) >= 11 is 3.38. The maximum absolute atomic E-state index is 11.6. The van der Waals surface area contributed by atoms with Gasteiger partial charge in [0.05, 0.1) is 21.5 Å². The standard InChI is InChI=1S/C13H15BrN2O4S/c1-7(21(2,19)20)13(14)8-3-4-9-10(5-8)16-12(18)6-11(17)15-9/h3-5,7,13H,6H2,1-2H3,(H,15,17)(H,16,18). The molecule has 1 aromatic rings. The monoisotopic (exact) mass is 374 g/mol. The van der Waals surface area contributed by atoms with Crippen molar-refractivity contribution in [2.45, 2.75) is 23.4 Å². The molecule has 2 N–H and O–H groups in total. The number of rotatable bonds is 3. The Hall–Kier alpha value is -1.41. The summed E-state index contributed by atoms with van der Waals surface area (Å²) in [5, 5.41) is 4.64. The zero-order valence-corrected chi connectivity index (χ0v) is 13.9. The van der Waals surface area contributed by atoms with E-state index in [4.69, 9.17) is 0 Å². The van der Waals surface area contributed by atoms with Gasteiger partial charge >= 0.3 is 0 Å². The molecule has 2 atom stereocenters. The van der Waals surface area contributed by atoms with Crippen molar-refractivity contribution in [1.82, 2.24) is 0 Å². The predicted molar refractivity (Wildman–Crippen MR) is 84.3 cm³/mol. The summed E-state index contributed by atoms with van der Waals surface area (Å²) in [6.07, 6.45) is 0.943. The number of carbonyl (C=O) groups is 2. The van der Waals surface area contributed by atoms with Gasteiger partial charge in [0.25, 0.3) is 0 Å². The second-order valence-corrected chi connectivity index (χ2v) is 8.40. The smallest absolute Gasteiger partial charge is 0.233 e. The van der Waals surface area contributed by atoms with E-state index in [2.05, 4.69) is 26.6 Å². The highest BCUT2D eigenvalue weighted by molar-refractivity contribution is 9.09. The van der Waals surface area contributed by atoms with E-state index >= 15 is 0 Å². The molecule has 1 aromatic carbocycles. The fourth-order valence-electron chi connectivity index (χ4n) is 1.97. The molecule has 0 aliphatic carbocycles. The number of sulfone groups is 1. The molecular formula is C13H15BrN2O4S. The van der Waals surface area contributed by atoms with Gasteiger partial charge in [0.15, 0.2) is 9.84 Å². The second kappa shape index (κ2) is 5.76. The van der Waals surface area contributed by atoms with Crippen LogP contribution in [0.3, 0.4) is 0 Å². The van der Waals surface area contributed by atoms with Crippen molar-refractivity contribution in [1.29, 1.82) is 0 Å². The van der Waals surface area contributed by atoms with Crippen molar-refractivity contribution in [3.63, 3.8) is 0 Å². The molecule has 0 saturated heterocycles. The van der Waals surface area contributed by atoms with Crippen LogP contribution >= 0.6 is 15.9 Å². The zero-order valence-electron chi connectivity index (χ0n) is 11.5.